The SMILES string of the molecule is CCC1CCC(CNc2nnc(C)s2)CC1. The van der Waals surface area contributed by atoms with Gasteiger partial charge in [-0.3, -0.25) is 0 Å². The molecule has 1 aromatic rings. The van der Waals surface area contributed by atoms with Gasteiger partial charge in [-0.25, -0.2) is 0 Å². The quantitative estimate of drug-likeness (QED) is 0.874. The second-order valence-corrected chi connectivity index (χ2v) is 5.98. The van der Waals surface area contributed by atoms with Gasteiger partial charge in [-0.2, -0.15) is 0 Å². The highest BCUT2D eigenvalue weighted by atomic mass is 32.1. The standard InChI is InChI=1S/C12H21N3S/c1-3-10-4-6-11(7-5-10)8-13-12-15-14-9(2)16-12/h10-11H,3-8H2,1-2H3,(H,13,15). The number of rotatable bonds is 4. The van der Waals surface area contributed by atoms with Crippen molar-refractivity contribution < 1.29 is 0 Å². The molecule has 1 aliphatic rings. The van der Waals surface area contributed by atoms with Crippen LogP contribution in [0.1, 0.15) is 44.0 Å². The van der Waals surface area contributed by atoms with Gasteiger partial charge in [0.05, 0.1) is 0 Å². The van der Waals surface area contributed by atoms with Crippen molar-refractivity contribution in [1.29, 1.82) is 0 Å². The third kappa shape index (κ3) is 3.17. The van der Waals surface area contributed by atoms with Gasteiger partial charge in [0.2, 0.25) is 5.13 Å². The molecular formula is C12H21N3S. The molecule has 0 atom stereocenters. The molecule has 0 unspecified atom stereocenters. The molecule has 0 aliphatic heterocycles. The predicted molar refractivity (Wildman–Crippen MR) is 68.9 cm³/mol. The lowest BCUT2D eigenvalue weighted by Crippen LogP contribution is -2.20. The zero-order valence-electron chi connectivity index (χ0n) is 10.2. The fraction of sp³-hybridized carbons (Fsp3) is 0.833. The van der Waals surface area contributed by atoms with Crippen LogP contribution in [0.5, 0.6) is 0 Å². The maximum atomic E-state index is 4.09. The molecule has 4 heteroatoms. The first-order valence-corrected chi connectivity index (χ1v) is 7.13. The lowest BCUT2D eigenvalue weighted by atomic mass is 9.81. The summed E-state index contributed by atoms with van der Waals surface area (Å²) in [5.41, 5.74) is 0. The minimum atomic E-state index is 0.840. The van der Waals surface area contributed by atoms with E-state index in [0.717, 1.165) is 28.5 Å². The van der Waals surface area contributed by atoms with Crippen LogP contribution in [0.2, 0.25) is 0 Å². The van der Waals surface area contributed by atoms with Gasteiger partial charge < -0.3 is 5.32 Å². The van der Waals surface area contributed by atoms with Gasteiger partial charge in [0.15, 0.2) is 0 Å². The Kier molecular flexibility index (Phi) is 4.16. The zero-order valence-corrected chi connectivity index (χ0v) is 11.0. The minimum absolute atomic E-state index is 0.840. The van der Waals surface area contributed by atoms with Crippen molar-refractivity contribution in [2.24, 2.45) is 11.8 Å². The monoisotopic (exact) mass is 239 g/mol. The van der Waals surface area contributed by atoms with Gasteiger partial charge in [0.25, 0.3) is 0 Å². The Labute approximate surface area is 102 Å². The average molecular weight is 239 g/mol. The predicted octanol–water partition coefficient (Wildman–Crippen LogP) is 3.47. The van der Waals surface area contributed by atoms with E-state index in [1.807, 2.05) is 6.92 Å². The van der Waals surface area contributed by atoms with Crippen LogP contribution in [0.15, 0.2) is 0 Å². The van der Waals surface area contributed by atoms with E-state index in [2.05, 4.69) is 22.4 Å². The smallest absolute Gasteiger partial charge is 0.205 e. The molecule has 1 aromatic heterocycles. The molecule has 0 spiro atoms. The maximum Gasteiger partial charge on any atom is 0.205 e. The third-order valence-electron chi connectivity index (χ3n) is 3.61. The lowest BCUT2D eigenvalue weighted by molar-refractivity contribution is 0.278. The number of nitrogens with one attached hydrogen (secondary N) is 1. The van der Waals surface area contributed by atoms with Crippen molar-refractivity contribution in [2.45, 2.75) is 46.0 Å². The number of anilines is 1. The fourth-order valence-corrected chi connectivity index (χ4v) is 3.04. The Morgan fingerprint density at radius 3 is 2.44 bits per heavy atom. The van der Waals surface area contributed by atoms with Gasteiger partial charge in [-0.1, -0.05) is 37.5 Å². The van der Waals surface area contributed by atoms with Crippen molar-refractivity contribution in [3.63, 3.8) is 0 Å². The number of hydrogen-bond donors (Lipinski definition) is 1. The second-order valence-electron chi connectivity index (χ2n) is 4.80. The maximum absolute atomic E-state index is 4.09. The van der Waals surface area contributed by atoms with Crippen LogP contribution in [0, 0.1) is 18.8 Å². The van der Waals surface area contributed by atoms with Gasteiger partial charge in [-0.05, 0) is 31.6 Å². The summed E-state index contributed by atoms with van der Waals surface area (Å²) in [6.45, 7) is 5.38. The first-order chi connectivity index (χ1) is 7.78. The second kappa shape index (κ2) is 5.62. The molecule has 0 aromatic carbocycles. The Balaban J connectivity index is 1.71. The van der Waals surface area contributed by atoms with Gasteiger partial charge in [0.1, 0.15) is 5.01 Å². The fourth-order valence-electron chi connectivity index (χ4n) is 2.44. The zero-order chi connectivity index (χ0) is 11.4. The van der Waals surface area contributed by atoms with Crippen LogP contribution < -0.4 is 5.32 Å². The normalized spacial score (nSPS) is 25.6. The van der Waals surface area contributed by atoms with Crippen molar-refractivity contribution in [3.05, 3.63) is 5.01 Å². The topological polar surface area (TPSA) is 37.8 Å². The number of nitrogens with zero attached hydrogens (tertiary/aromatic N) is 2. The van der Waals surface area contributed by atoms with Gasteiger partial charge in [-0.15, -0.1) is 10.2 Å². The third-order valence-corrected chi connectivity index (χ3v) is 4.41. The van der Waals surface area contributed by atoms with E-state index in [1.54, 1.807) is 11.3 Å². The molecule has 90 valence electrons. The molecule has 16 heavy (non-hydrogen) atoms. The molecule has 0 bridgehead atoms. The van der Waals surface area contributed by atoms with Gasteiger partial charge in [0, 0.05) is 6.54 Å². The molecular weight excluding hydrogens is 218 g/mol. The molecule has 1 saturated carbocycles. The first-order valence-electron chi connectivity index (χ1n) is 6.32. The summed E-state index contributed by atoms with van der Waals surface area (Å²) >= 11 is 1.65. The lowest BCUT2D eigenvalue weighted by Gasteiger charge is -2.27. The van der Waals surface area contributed by atoms with Crippen LogP contribution in [0.4, 0.5) is 5.13 Å². The molecule has 0 saturated heterocycles. The summed E-state index contributed by atoms with van der Waals surface area (Å²) < 4.78 is 0. The highest BCUT2D eigenvalue weighted by Crippen LogP contribution is 2.30. The molecule has 0 radical (unpaired) electrons. The minimum Gasteiger partial charge on any atom is -0.360 e. The Morgan fingerprint density at radius 1 is 1.19 bits per heavy atom. The molecule has 2 rings (SSSR count). The van der Waals surface area contributed by atoms with Gasteiger partial charge >= 0.3 is 0 Å². The van der Waals surface area contributed by atoms with E-state index in [-0.39, 0.29) is 0 Å². The summed E-state index contributed by atoms with van der Waals surface area (Å²) in [7, 11) is 0. The number of aryl methyl sites for hydroxylation is 1. The molecule has 1 heterocycles. The first kappa shape index (κ1) is 11.8. The summed E-state index contributed by atoms with van der Waals surface area (Å²) in [5.74, 6) is 1.83. The van der Waals surface area contributed by atoms with Crippen molar-refractivity contribution in [3.8, 4) is 0 Å². The van der Waals surface area contributed by atoms with Crippen LogP contribution in [-0.2, 0) is 0 Å². The number of hydrogen-bond acceptors (Lipinski definition) is 4. The summed E-state index contributed by atoms with van der Waals surface area (Å²) in [4.78, 5) is 0. The summed E-state index contributed by atoms with van der Waals surface area (Å²) in [6.07, 6.45) is 6.94. The highest BCUT2D eigenvalue weighted by Gasteiger charge is 2.19. The Hall–Kier alpha value is -0.640. The largest absolute Gasteiger partial charge is 0.360 e. The highest BCUT2D eigenvalue weighted by molar-refractivity contribution is 7.15. The van der Waals surface area contributed by atoms with E-state index >= 15 is 0 Å². The van der Waals surface area contributed by atoms with Crippen molar-refractivity contribution >= 4 is 16.5 Å². The number of aromatic nitrogens is 2. The average Bonchev–Trinajstić information content (AvgIpc) is 2.73. The molecule has 1 fully saturated rings. The molecule has 0 amide bonds. The Bertz CT molecular complexity index is 316. The molecule has 1 N–H and O–H groups in total. The van der Waals surface area contributed by atoms with E-state index in [0.29, 0.717) is 0 Å². The van der Waals surface area contributed by atoms with E-state index in [1.165, 1.54) is 32.1 Å². The van der Waals surface area contributed by atoms with Crippen molar-refractivity contribution in [2.75, 3.05) is 11.9 Å². The summed E-state index contributed by atoms with van der Waals surface area (Å²) in [6, 6.07) is 0. The van der Waals surface area contributed by atoms with Crippen LogP contribution in [0.25, 0.3) is 0 Å². The van der Waals surface area contributed by atoms with E-state index in [9.17, 15) is 0 Å². The van der Waals surface area contributed by atoms with E-state index in [4.69, 9.17) is 0 Å². The van der Waals surface area contributed by atoms with Crippen LogP contribution in [-0.4, -0.2) is 16.7 Å². The van der Waals surface area contributed by atoms with Crippen molar-refractivity contribution in [1.82, 2.24) is 10.2 Å². The van der Waals surface area contributed by atoms with Crippen LogP contribution in [0.3, 0.4) is 0 Å². The van der Waals surface area contributed by atoms with E-state index < -0.39 is 0 Å². The molecule has 3 nitrogen and oxygen atoms in total. The Morgan fingerprint density at radius 2 is 1.88 bits per heavy atom. The molecule has 1 aliphatic carbocycles. The summed E-state index contributed by atoms with van der Waals surface area (Å²) in [5, 5.41) is 13.5. The van der Waals surface area contributed by atoms with Crippen LogP contribution >= 0.6 is 11.3 Å².